The molecule has 0 bridgehead atoms. The van der Waals surface area contributed by atoms with Crippen molar-refractivity contribution < 1.29 is 0 Å². The minimum atomic E-state index is -0.648. The molecule has 4 aromatic rings. The summed E-state index contributed by atoms with van der Waals surface area (Å²) in [5, 5.41) is 4.32. The Morgan fingerprint density at radius 2 is 1.36 bits per heavy atom. The van der Waals surface area contributed by atoms with Crippen molar-refractivity contribution in [1.82, 2.24) is 9.55 Å². The molecule has 0 amide bonds. The zero-order chi connectivity index (χ0) is 22.8. The standard InChI is InChI=1S/C29H28N2PS/c1-21(2)33-29-30-26-18-10-11-19-27(26)31(29)22(3)25-17-12-20-28(25)32(23-13-6-4-7-14-23)24-15-8-5-9-16-24/h4-22H,1-3H3/t22-/m1/s1. The maximum absolute atomic E-state index is 5.01. The highest BCUT2D eigenvalue weighted by Crippen LogP contribution is 2.59. The number of nitrogens with zero attached hydrogens (tertiary/aromatic N) is 2. The third kappa shape index (κ3) is 4.63. The molecular weight excluding hydrogens is 439 g/mol. The molecule has 0 N–H and O–H groups in total. The Hall–Kier alpha value is -2.09. The van der Waals surface area contributed by atoms with Gasteiger partial charge in [-0.15, -0.1) is 0 Å². The number of aromatic nitrogens is 2. The van der Waals surface area contributed by atoms with E-state index in [0.717, 1.165) is 10.7 Å². The molecule has 0 aliphatic heterocycles. The maximum atomic E-state index is 5.01. The van der Waals surface area contributed by atoms with Gasteiger partial charge in [-0.25, -0.2) is 4.98 Å². The number of thioether (sulfide) groups is 1. The van der Waals surface area contributed by atoms with Gasteiger partial charge < -0.3 is 4.57 Å². The molecule has 1 aliphatic rings. The fourth-order valence-corrected chi connectivity index (χ4v) is 7.88. The van der Waals surface area contributed by atoms with Gasteiger partial charge in [0, 0.05) is 22.9 Å². The van der Waals surface area contributed by atoms with Crippen LogP contribution in [0.15, 0.2) is 90.1 Å². The van der Waals surface area contributed by atoms with E-state index in [1.54, 1.807) is 0 Å². The van der Waals surface area contributed by atoms with E-state index in [1.807, 2.05) is 11.8 Å². The molecule has 0 spiro atoms. The van der Waals surface area contributed by atoms with E-state index in [1.165, 1.54) is 27.7 Å². The molecule has 1 aromatic heterocycles. The predicted octanol–water partition coefficient (Wildman–Crippen LogP) is 6.96. The van der Waals surface area contributed by atoms with Crippen molar-refractivity contribution in [3.63, 3.8) is 0 Å². The molecule has 1 fully saturated rings. The summed E-state index contributed by atoms with van der Waals surface area (Å²) in [6, 6.07) is 30.6. The van der Waals surface area contributed by atoms with E-state index in [9.17, 15) is 0 Å². The SMILES string of the molecule is CC(C)Sc1nc2ccccc2n1[C@H](C)[C]1[CH][CH][CH][C]1P(c1ccccc1)c1ccccc1. The molecule has 0 unspecified atom stereocenters. The number of hydrogen-bond donors (Lipinski definition) is 0. The Bertz CT molecular complexity index is 1150. The van der Waals surface area contributed by atoms with Gasteiger partial charge in [0.25, 0.3) is 0 Å². The van der Waals surface area contributed by atoms with Gasteiger partial charge in [-0.3, -0.25) is 0 Å². The van der Waals surface area contributed by atoms with Crippen LogP contribution in [0.2, 0.25) is 0 Å². The van der Waals surface area contributed by atoms with Gasteiger partial charge in [0.15, 0.2) is 5.16 Å². The third-order valence-electron chi connectivity index (χ3n) is 5.84. The van der Waals surface area contributed by atoms with E-state index >= 15 is 0 Å². The second-order valence-corrected chi connectivity index (χ2v) is 12.2. The number of para-hydroxylation sites is 2. The molecule has 2 nitrogen and oxygen atoms in total. The van der Waals surface area contributed by atoms with Crippen LogP contribution in [-0.2, 0) is 0 Å². The summed E-state index contributed by atoms with van der Waals surface area (Å²) >= 11 is 1.84. The Labute approximate surface area is 203 Å². The molecule has 5 rings (SSSR count). The Balaban J connectivity index is 1.57. The highest BCUT2D eigenvalue weighted by molar-refractivity contribution is 7.99. The summed E-state index contributed by atoms with van der Waals surface area (Å²) in [5.74, 6) is 1.38. The van der Waals surface area contributed by atoms with Crippen molar-refractivity contribution >= 4 is 41.3 Å². The smallest absolute Gasteiger partial charge is 0.169 e. The third-order valence-corrected chi connectivity index (χ3v) is 9.33. The first-order valence-corrected chi connectivity index (χ1v) is 13.6. The van der Waals surface area contributed by atoms with Crippen LogP contribution >= 0.6 is 19.7 Å². The van der Waals surface area contributed by atoms with Gasteiger partial charge in [-0.2, -0.15) is 0 Å². The molecule has 33 heavy (non-hydrogen) atoms. The van der Waals surface area contributed by atoms with Crippen LogP contribution in [0.25, 0.3) is 11.0 Å². The molecule has 5 radical (unpaired) electrons. The zero-order valence-corrected chi connectivity index (χ0v) is 20.9. The Morgan fingerprint density at radius 3 is 2.00 bits per heavy atom. The maximum Gasteiger partial charge on any atom is 0.169 e. The van der Waals surface area contributed by atoms with Crippen LogP contribution in [0.5, 0.6) is 0 Å². The van der Waals surface area contributed by atoms with E-state index in [-0.39, 0.29) is 6.04 Å². The summed E-state index contributed by atoms with van der Waals surface area (Å²) in [6.07, 6.45) is 6.85. The van der Waals surface area contributed by atoms with E-state index in [2.05, 4.69) is 130 Å². The second kappa shape index (κ2) is 10.0. The largest absolute Gasteiger partial charge is 0.315 e. The average Bonchev–Trinajstić information content (AvgIpc) is 3.44. The van der Waals surface area contributed by atoms with Crippen molar-refractivity contribution in [3.8, 4) is 0 Å². The first-order valence-electron chi connectivity index (χ1n) is 11.4. The van der Waals surface area contributed by atoms with Crippen LogP contribution in [-0.4, -0.2) is 14.8 Å². The molecule has 1 aliphatic carbocycles. The van der Waals surface area contributed by atoms with Crippen LogP contribution in [0, 0.1) is 30.8 Å². The van der Waals surface area contributed by atoms with Gasteiger partial charge in [0.1, 0.15) is 0 Å². The molecule has 1 atom stereocenters. The Morgan fingerprint density at radius 1 is 0.758 bits per heavy atom. The van der Waals surface area contributed by atoms with Crippen molar-refractivity contribution in [2.75, 3.05) is 0 Å². The lowest BCUT2D eigenvalue weighted by Gasteiger charge is -2.33. The lowest BCUT2D eigenvalue weighted by atomic mass is 9.99. The van der Waals surface area contributed by atoms with Crippen LogP contribution < -0.4 is 10.6 Å². The molecule has 1 saturated carbocycles. The van der Waals surface area contributed by atoms with Crippen molar-refractivity contribution in [3.05, 3.63) is 116 Å². The monoisotopic (exact) mass is 467 g/mol. The predicted molar refractivity (Wildman–Crippen MR) is 144 cm³/mol. The number of rotatable bonds is 7. The van der Waals surface area contributed by atoms with Gasteiger partial charge in [0.05, 0.1) is 11.0 Å². The fraction of sp³-hybridized carbons (Fsp3) is 0.172. The van der Waals surface area contributed by atoms with Crippen molar-refractivity contribution in [1.29, 1.82) is 0 Å². The molecule has 3 aromatic carbocycles. The lowest BCUT2D eigenvalue weighted by Crippen LogP contribution is -2.24. The Kier molecular flexibility index (Phi) is 6.90. The fourth-order valence-electron chi connectivity index (χ4n) is 4.39. The first kappa shape index (κ1) is 22.7. The van der Waals surface area contributed by atoms with Crippen LogP contribution in [0.4, 0.5) is 0 Å². The average molecular weight is 468 g/mol. The highest BCUT2D eigenvalue weighted by Gasteiger charge is 2.41. The van der Waals surface area contributed by atoms with Crippen LogP contribution in [0.1, 0.15) is 26.8 Å². The molecule has 1 heterocycles. The number of hydrogen-bond acceptors (Lipinski definition) is 2. The number of imidazole rings is 1. The summed E-state index contributed by atoms with van der Waals surface area (Å²) < 4.78 is 2.43. The lowest BCUT2D eigenvalue weighted by molar-refractivity contribution is 0.554. The van der Waals surface area contributed by atoms with E-state index < -0.39 is 7.92 Å². The quantitative estimate of drug-likeness (QED) is 0.216. The zero-order valence-electron chi connectivity index (χ0n) is 19.2. The van der Waals surface area contributed by atoms with Crippen molar-refractivity contribution in [2.24, 2.45) is 0 Å². The number of benzene rings is 3. The van der Waals surface area contributed by atoms with Gasteiger partial charge in [-0.1, -0.05) is 98.4 Å². The molecular formula is C29H28N2PS. The highest BCUT2D eigenvalue weighted by atomic mass is 32.2. The summed E-state index contributed by atoms with van der Waals surface area (Å²) in [5.41, 5.74) is 3.69. The van der Waals surface area contributed by atoms with Gasteiger partial charge >= 0.3 is 0 Å². The summed E-state index contributed by atoms with van der Waals surface area (Å²) in [6.45, 7) is 6.79. The van der Waals surface area contributed by atoms with Gasteiger partial charge in [-0.05, 0) is 56.8 Å². The van der Waals surface area contributed by atoms with E-state index in [4.69, 9.17) is 4.98 Å². The first-order chi connectivity index (χ1) is 16.1. The molecule has 0 saturated heterocycles. The molecule has 4 heteroatoms. The number of fused-ring (bicyclic) bond motifs is 1. The van der Waals surface area contributed by atoms with Crippen LogP contribution in [0.3, 0.4) is 0 Å². The summed E-state index contributed by atoms with van der Waals surface area (Å²) in [4.78, 5) is 5.01. The van der Waals surface area contributed by atoms with Gasteiger partial charge in [0.2, 0.25) is 0 Å². The van der Waals surface area contributed by atoms with E-state index in [0.29, 0.717) is 5.25 Å². The second-order valence-electron chi connectivity index (χ2n) is 8.47. The summed E-state index contributed by atoms with van der Waals surface area (Å²) in [7, 11) is -0.648. The normalized spacial score (nSPS) is 16.3. The minimum absolute atomic E-state index is 0.182. The molecule has 165 valence electrons. The minimum Gasteiger partial charge on any atom is -0.315 e. The topological polar surface area (TPSA) is 17.8 Å². The van der Waals surface area contributed by atoms with Crippen molar-refractivity contribution in [2.45, 2.75) is 37.2 Å².